The van der Waals surface area contributed by atoms with Crippen LogP contribution >= 0.6 is 0 Å². The molecule has 0 fully saturated rings. The third-order valence-electron chi connectivity index (χ3n) is 3.96. The molecule has 0 aliphatic rings. The fraction of sp³-hybridized carbons (Fsp3) is 0.176. The molecule has 3 rings (SSSR count). The molecular formula is C17H12F3N3O3. The van der Waals surface area contributed by atoms with Crippen molar-refractivity contribution in [1.29, 1.82) is 0 Å². The molecule has 0 aliphatic heterocycles. The smallest absolute Gasteiger partial charge is 0.292 e. The lowest BCUT2D eigenvalue weighted by Gasteiger charge is -2.12. The number of non-ortho nitro benzene ring substituents is 1. The Bertz CT molecular complexity index is 1060. The number of aromatic nitrogens is 2. The summed E-state index contributed by atoms with van der Waals surface area (Å²) in [4.78, 5) is 27.2. The third-order valence-corrected chi connectivity index (χ3v) is 3.96. The summed E-state index contributed by atoms with van der Waals surface area (Å²) in [5, 5.41) is 11.0. The molecule has 1 aromatic heterocycles. The Balaban J connectivity index is 2.04. The molecule has 0 N–H and O–H groups in total. The van der Waals surface area contributed by atoms with Crippen LogP contribution < -0.4 is 5.56 Å². The van der Waals surface area contributed by atoms with E-state index in [-0.39, 0.29) is 17.6 Å². The van der Waals surface area contributed by atoms with Gasteiger partial charge in [0.25, 0.3) is 11.2 Å². The number of alkyl halides is 3. The summed E-state index contributed by atoms with van der Waals surface area (Å²) in [7, 11) is 0. The van der Waals surface area contributed by atoms with Gasteiger partial charge in [-0.3, -0.25) is 19.5 Å². The van der Waals surface area contributed by atoms with Crippen LogP contribution in [0.4, 0.5) is 18.9 Å². The maximum absolute atomic E-state index is 12.7. The number of nitro benzene ring substituents is 1. The van der Waals surface area contributed by atoms with Crippen LogP contribution in [-0.4, -0.2) is 14.5 Å². The molecule has 9 heteroatoms. The van der Waals surface area contributed by atoms with E-state index in [4.69, 9.17) is 0 Å². The van der Waals surface area contributed by atoms with Crippen LogP contribution in [0.2, 0.25) is 0 Å². The average Bonchev–Trinajstić information content (AvgIpc) is 2.58. The van der Waals surface area contributed by atoms with E-state index in [2.05, 4.69) is 4.98 Å². The summed E-state index contributed by atoms with van der Waals surface area (Å²) < 4.78 is 39.2. The first-order valence-electron chi connectivity index (χ1n) is 7.48. The Morgan fingerprint density at radius 2 is 1.81 bits per heavy atom. The van der Waals surface area contributed by atoms with E-state index < -0.39 is 22.2 Å². The third kappa shape index (κ3) is 3.28. The standard InChI is InChI=1S/C17H12F3N3O3/c1-10-21-15-7-6-13(23(25)26)8-14(15)16(24)22(10)9-11-2-4-12(5-3-11)17(18,19)20/h2-8H,9H2,1H3. The fourth-order valence-corrected chi connectivity index (χ4v) is 2.60. The maximum atomic E-state index is 12.7. The predicted octanol–water partition coefficient (Wildman–Crippen LogP) is 3.68. The summed E-state index contributed by atoms with van der Waals surface area (Å²) in [6.07, 6.45) is -4.44. The van der Waals surface area contributed by atoms with Crippen molar-refractivity contribution in [1.82, 2.24) is 9.55 Å². The zero-order valence-corrected chi connectivity index (χ0v) is 13.4. The van der Waals surface area contributed by atoms with Gasteiger partial charge in [-0.2, -0.15) is 13.2 Å². The molecule has 0 radical (unpaired) electrons. The Morgan fingerprint density at radius 3 is 2.38 bits per heavy atom. The Kier molecular flexibility index (Phi) is 4.23. The van der Waals surface area contributed by atoms with Gasteiger partial charge >= 0.3 is 6.18 Å². The van der Waals surface area contributed by atoms with Gasteiger partial charge in [0.2, 0.25) is 0 Å². The van der Waals surface area contributed by atoms with Gasteiger partial charge in [-0.05, 0) is 30.7 Å². The molecule has 0 saturated heterocycles. The van der Waals surface area contributed by atoms with Gasteiger partial charge < -0.3 is 0 Å². The second-order valence-electron chi connectivity index (χ2n) is 5.70. The number of hydrogen-bond acceptors (Lipinski definition) is 4. The Labute approximate surface area is 144 Å². The second-order valence-corrected chi connectivity index (χ2v) is 5.70. The number of nitrogens with zero attached hydrogens (tertiary/aromatic N) is 3. The molecule has 0 amide bonds. The van der Waals surface area contributed by atoms with Crippen molar-refractivity contribution in [3.8, 4) is 0 Å². The zero-order valence-electron chi connectivity index (χ0n) is 13.4. The maximum Gasteiger partial charge on any atom is 0.416 e. The number of nitro groups is 1. The van der Waals surface area contributed by atoms with E-state index in [9.17, 15) is 28.1 Å². The van der Waals surface area contributed by atoms with Crippen LogP contribution in [0.3, 0.4) is 0 Å². The Morgan fingerprint density at radius 1 is 1.15 bits per heavy atom. The molecular weight excluding hydrogens is 351 g/mol. The van der Waals surface area contributed by atoms with Crippen LogP contribution in [0, 0.1) is 17.0 Å². The van der Waals surface area contributed by atoms with Crippen molar-refractivity contribution in [2.45, 2.75) is 19.6 Å². The predicted molar refractivity (Wildman–Crippen MR) is 87.9 cm³/mol. The summed E-state index contributed by atoms with van der Waals surface area (Å²) in [6, 6.07) is 8.24. The number of benzene rings is 2. The molecule has 0 aliphatic carbocycles. The van der Waals surface area contributed by atoms with Gasteiger partial charge in [0, 0.05) is 12.1 Å². The lowest BCUT2D eigenvalue weighted by atomic mass is 10.1. The molecule has 0 unspecified atom stereocenters. The molecule has 0 spiro atoms. The van der Waals surface area contributed by atoms with Gasteiger partial charge in [-0.25, -0.2) is 4.98 Å². The van der Waals surface area contributed by atoms with Crippen LogP contribution in [0.25, 0.3) is 10.9 Å². The molecule has 0 saturated carbocycles. The van der Waals surface area contributed by atoms with Crippen LogP contribution in [-0.2, 0) is 12.7 Å². The first kappa shape index (κ1) is 17.6. The molecule has 26 heavy (non-hydrogen) atoms. The fourth-order valence-electron chi connectivity index (χ4n) is 2.60. The summed E-state index contributed by atoms with van der Waals surface area (Å²) in [6.45, 7) is 1.60. The number of rotatable bonds is 3. The van der Waals surface area contributed by atoms with Crippen molar-refractivity contribution in [3.63, 3.8) is 0 Å². The monoisotopic (exact) mass is 363 g/mol. The molecule has 134 valence electrons. The van der Waals surface area contributed by atoms with Gasteiger partial charge in [0.15, 0.2) is 0 Å². The second kappa shape index (κ2) is 6.25. The molecule has 3 aromatic rings. The highest BCUT2D eigenvalue weighted by Gasteiger charge is 2.29. The van der Waals surface area contributed by atoms with E-state index in [1.165, 1.54) is 28.8 Å². The molecule has 0 atom stereocenters. The van der Waals surface area contributed by atoms with E-state index in [1.54, 1.807) is 6.92 Å². The number of hydrogen-bond donors (Lipinski definition) is 0. The molecule has 2 aromatic carbocycles. The van der Waals surface area contributed by atoms with Gasteiger partial charge in [-0.1, -0.05) is 12.1 Å². The van der Waals surface area contributed by atoms with Crippen molar-refractivity contribution in [3.05, 3.63) is 79.9 Å². The van der Waals surface area contributed by atoms with Gasteiger partial charge in [0.05, 0.1) is 27.9 Å². The van der Waals surface area contributed by atoms with Gasteiger partial charge in [-0.15, -0.1) is 0 Å². The number of fused-ring (bicyclic) bond motifs is 1. The molecule has 0 bridgehead atoms. The minimum Gasteiger partial charge on any atom is -0.292 e. The van der Waals surface area contributed by atoms with E-state index in [0.29, 0.717) is 16.9 Å². The number of halogens is 3. The topological polar surface area (TPSA) is 78.0 Å². The lowest BCUT2D eigenvalue weighted by molar-refractivity contribution is -0.384. The minimum atomic E-state index is -4.44. The quantitative estimate of drug-likeness (QED) is 0.525. The largest absolute Gasteiger partial charge is 0.416 e. The summed E-state index contributed by atoms with van der Waals surface area (Å²) in [5.41, 5.74) is -0.702. The molecule has 1 heterocycles. The molecule has 6 nitrogen and oxygen atoms in total. The summed E-state index contributed by atoms with van der Waals surface area (Å²) >= 11 is 0. The highest BCUT2D eigenvalue weighted by Crippen LogP contribution is 2.29. The first-order valence-corrected chi connectivity index (χ1v) is 7.48. The zero-order chi connectivity index (χ0) is 19.1. The highest BCUT2D eigenvalue weighted by molar-refractivity contribution is 5.80. The van der Waals surface area contributed by atoms with Crippen LogP contribution in [0.15, 0.2) is 47.3 Å². The van der Waals surface area contributed by atoms with Gasteiger partial charge in [0.1, 0.15) is 5.82 Å². The van der Waals surface area contributed by atoms with E-state index in [1.807, 2.05) is 0 Å². The number of aryl methyl sites for hydroxylation is 1. The first-order chi connectivity index (χ1) is 12.2. The van der Waals surface area contributed by atoms with Crippen LogP contribution in [0.1, 0.15) is 17.0 Å². The van der Waals surface area contributed by atoms with E-state index >= 15 is 0 Å². The van der Waals surface area contributed by atoms with E-state index in [0.717, 1.165) is 18.2 Å². The average molecular weight is 363 g/mol. The van der Waals surface area contributed by atoms with Crippen molar-refractivity contribution >= 4 is 16.6 Å². The summed E-state index contributed by atoms with van der Waals surface area (Å²) in [5.74, 6) is 0.358. The van der Waals surface area contributed by atoms with Crippen molar-refractivity contribution < 1.29 is 18.1 Å². The SMILES string of the molecule is Cc1nc2ccc([N+](=O)[O-])cc2c(=O)n1Cc1ccc(C(F)(F)F)cc1. The van der Waals surface area contributed by atoms with Crippen LogP contribution in [0.5, 0.6) is 0 Å². The Hall–Kier alpha value is -3.23. The normalized spacial score (nSPS) is 11.7. The minimum absolute atomic E-state index is 0.00837. The highest BCUT2D eigenvalue weighted by atomic mass is 19.4. The van der Waals surface area contributed by atoms with Crippen molar-refractivity contribution in [2.24, 2.45) is 0 Å². The van der Waals surface area contributed by atoms with Crippen molar-refractivity contribution in [2.75, 3.05) is 0 Å². The lowest BCUT2D eigenvalue weighted by Crippen LogP contribution is -2.24.